The zero-order valence-corrected chi connectivity index (χ0v) is 10.9. The number of piperazine rings is 1. The topological polar surface area (TPSA) is 37.4 Å². The highest BCUT2D eigenvalue weighted by Gasteiger charge is 2.33. The molecule has 98 valence electrons. The molecule has 0 spiro atoms. The van der Waals surface area contributed by atoms with Gasteiger partial charge in [0.25, 0.3) is 0 Å². The average Bonchev–Trinajstić information content (AvgIpc) is 2.79. The van der Waals surface area contributed by atoms with Gasteiger partial charge in [0.2, 0.25) is 0 Å². The molecule has 4 heteroatoms. The van der Waals surface area contributed by atoms with Crippen molar-refractivity contribution in [2.45, 2.75) is 32.1 Å². The first kappa shape index (κ1) is 12.1. The molecule has 2 aliphatic rings. The fraction of sp³-hybridized carbons (Fsp3) is 0.643. The van der Waals surface area contributed by atoms with Gasteiger partial charge in [0, 0.05) is 37.9 Å². The van der Waals surface area contributed by atoms with Crippen molar-refractivity contribution in [1.29, 1.82) is 0 Å². The molecule has 2 saturated heterocycles. The Labute approximate surface area is 108 Å². The zero-order chi connectivity index (χ0) is 12.4. The van der Waals surface area contributed by atoms with Crippen molar-refractivity contribution in [2.24, 2.45) is 0 Å². The molecule has 3 rings (SSSR count). The van der Waals surface area contributed by atoms with Gasteiger partial charge in [-0.1, -0.05) is 6.07 Å². The number of nitrogens with one attached hydrogen (secondary N) is 1. The Kier molecular flexibility index (Phi) is 3.59. The summed E-state index contributed by atoms with van der Waals surface area (Å²) in [6.45, 7) is 7.13. The standard InChI is InChI=1S/C14H21N3O/c1-11-3-2-4-12(16-11)10-18-14-7-13-8-15-5-6-17(13)9-14/h2-4,13-15H,5-10H2,1H3/t13-,14+/m0/s1. The molecule has 3 heterocycles. The first-order valence-electron chi connectivity index (χ1n) is 6.80. The van der Waals surface area contributed by atoms with Crippen LogP contribution in [0.4, 0.5) is 0 Å². The molecule has 4 nitrogen and oxygen atoms in total. The molecule has 1 aromatic rings. The van der Waals surface area contributed by atoms with Crippen LogP contribution in [0.5, 0.6) is 0 Å². The molecule has 0 unspecified atom stereocenters. The van der Waals surface area contributed by atoms with Crippen molar-refractivity contribution in [2.75, 3.05) is 26.2 Å². The first-order valence-corrected chi connectivity index (χ1v) is 6.80. The van der Waals surface area contributed by atoms with Crippen LogP contribution >= 0.6 is 0 Å². The Hall–Kier alpha value is -0.970. The molecular weight excluding hydrogens is 226 g/mol. The van der Waals surface area contributed by atoms with E-state index in [9.17, 15) is 0 Å². The minimum Gasteiger partial charge on any atom is -0.371 e. The molecule has 1 N–H and O–H groups in total. The van der Waals surface area contributed by atoms with Crippen LogP contribution in [0.1, 0.15) is 17.8 Å². The van der Waals surface area contributed by atoms with E-state index in [-0.39, 0.29) is 0 Å². The quantitative estimate of drug-likeness (QED) is 0.863. The summed E-state index contributed by atoms with van der Waals surface area (Å²) in [5, 5.41) is 3.45. The molecule has 2 atom stereocenters. The maximum atomic E-state index is 6.00. The van der Waals surface area contributed by atoms with Gasteiger partial charge in [-0.2, -0.15) is 0 Å². The fourth-order valence-electron chi connectivity index (χ4n) is 2.92. The minimum atomic E-state index is 0.372. The van der Waals surface area contributed by atoms with Gasteiger partial charge in [0.15, 0.2) is 0 Å². The number of aromatic nitrogens is 1. The number of fused-ring (bicyclic) bond motifs is 1. The van der Waals surface area contributed by atoms with E-state index in [1.807, 2.05) is 25.1 Å². The Morgan fingerprint density at radius 3 is 3.28 bits per heavy atom. The largest absolute Gasteiger partial charge is 0.371 e. The molecular formula is C14H21N3O. The minimum absolute atomic E-state index is 0.372. The summed E-state index contributed by atoms with van der Waals surface area (Å²) in [7, 11) is 0. The van der Waals surface area contributed by atoms with Crippen LogP contribution in [0.25, 0.3) is 0 Å². The van der Waals surface area contributed by atoms with Gasteiger partial charge >= 0.3 is 0 Å². The normalized spacial score (nSPS) is 28.3. The Bertz CT molecular complexity index is 396. The maximum absolute atomic E-state index is 6.00. The highest BCUT2D eigenvalue weighted by molar-refractivity contribution is 5.09. The van der Waals surface area contributed by atoms with Gasteiger partial charge < -0.3 is 10.1 Å². The number of rotatable bonds is 3. The maximum Gasteiger partial charge on any atom is 0.0892 e. The SMILES string of the molecule is Cc1cccc(CO[C@@H]2C[C@H]3CNCCN3C2)n1. The number of aryl methyl sites for hydroxylation is 1. The molecule has 0 aromatic carbocycles. The monoisotopic (exact) mass is 247 g/mol. The Morgan fingerprint density at radius 1 is 1.50 bits per heavy atom. The summed E-state index contributed by atoms with van der Waals surface area (Å²) in [5.74, 6) is 0. The molecule has 1 aromatic heterocycles. The Balaban J connectivity index is 1.52. The van der Waals surface area contributed by atoms with E-state index in [0.717, 1.165) is 44.0 Å². The predicted molar refractivity (Wildman–Crippen MR) is 70.4 cm³/mol. The lowest BCUT2D eigenvalue weighted by molar-refractivity contribution is 0.0449. The van der Waals surface area contributed by atoms with Crippen LogP contribution in [-0.4, -0.2) is 48.2 Å². The number of nitrogens with zero attached hydrogens (tertiary/aromatic N) is 2. The smallest absolute Gasteiger partial charge is 0.0892 e. The third-order valence-corrected chi connectivity index (χ3v) is 3.86. The van der Waals surface area contributed by atoms with Crippen LogP contribution in [0, 0.1) is 6.92 Å². The van der Waals surface area contributed by atoms with Crippen molar-refractivity contribution < 1.29 is 4.74 Å². The second-order valence-corrected chi connectivity index (χ2v) is 5.29. The highest BCUT2D eigenvalue weighted by Crippen LogP contribution is 2.21. The first-order chi connectivity index (χ1) is 8.81. The summed E-state index contributed by atoms with van der Waals surface area (Å²) in [4.78, 5) is 7.02. The highest BCUT2D eigenvalue weighted by atomic mass is 16.5. The van der Waals surface area contributed by atoms with Gasteiger partial charge in [0.05, 0.1) is 18.4 Å². The summed E-state index contributed by atoms with van der Waals surface area (Å²) in [6.07, 6.45) is 1.52. The van der Waals surface area contributed by atoms with Crippen LogP contribution in [0.2, 0.25) is 0 Å². The molecule has 2 aliphatic heterocycles. The molecule has 0 aliphatic carbocycles. The summed E-state index contributed by atoms with van der Waals surface area (Å²) in [6, 6.07) is 6.78. The number of hydrogen-bond donors (Lipinski definition) is 1. The second-order valence-electron chi connectivity index (χ2n) is 5.29. The van der Waals surface area contributed by atoms with Gasteiger partial charge in [-0.3, -0.25) is 9.88 Å². The van der Waals surface area contributed by atoms with Crippen molar-refractivity contribution in [3.8, 4) is 0 Å². The molecule has 18 heavy (non-hydrogen) atoms. The summed E-state index contributed by atoms with van der Waals surface area (Å²) in [5.41, 5.74) is 2.10. The second kappa shape index (κ2) is 5.34. The molecule has 2 fully saturated rings. The van der Waals surface area contributed by atoms with Crippen LogP contribution < -0.4 is 5.32 Å². The van der Waals surface area contributed by atoms with E-state index < -0.39 is 0 Å². The van der Waals surface area contributed by atoms with Crippen LogP contribution in [0.15, 0.2) is 18.2 Å². The number of ether oxygens (including phenoxy) is 1. The third-order valence-electron chi connectivity index (χ3n) is 3.86. The average molecular weight is 247 g/mol. The zero-order valence-electron chi connectivity index (χ0n) is 10.9. The van der Waals surface area contributed by atoms with Crippen molar-refractivity contribution in [3.05, 3.63) is 29.6 Å². The summed E-state index contributed by atoms with van der Waals surface area (Å²) >= 11 is 0. The number of pyridine rings is 1. The predicted octanol–water partition coefficient (Wildman–Crippen LogP) is 0.953. The van der Waals surface area contributed by atoms with E-state index in [2.05, 4.69) is 15.2 Å². The molecule has 0 saturated carbocycles. The van der Waals surface area contributed by atoms with E-state index in [0.29, 0.717) is 18.8 Å². The third kappa shape index (κ3) is 2.71. The Morgan fingerprint density at radius 2 is 2.44 bits per heavy atom. The van der Waals surface area contributed by atoms with Crippen LogP contribution in [0.3, 0.4) is 0 Å². The molecule has 0 amide bonds. The lowest BCUT2D eigenvalue weighted by atomic mass is 10.2. The van der Waals surface area contributed by atoms with Gasteiger partial charge in [-0.15, -0.1) is 0 Å². The van der Waals surface area contributed by atoms with E-state index >= 15 is 0 Å². The lowest BCUT2D eigenvalue weighted by Gasteiger charge is -2.29. The van der Waals surface area contributed by atoms with E-state index in [4.69, 9.17) is 4.74 Å². The number of hydrogen-bond acceptors (Lipinski definition) is 4. The van der Waals surface area contributed by atoms with Crippen LogP contribution in [-0.2, 0) is 11.3 Å². The van der Waals surface area contributed by atoms with Crippen molar-refractivity contribution in [3.63, 3.8) is 0 Å². The van der Waals surface area contributed by atoms with Gasteiger partial charge in [0.1, 0.15) is 0 Å². The fourth-order valence-corrected chi connectivity index (χ4v) is 2.92. The van der Waals surface area contributed by atoms with E-state index in [1.54, 1.807) is 0 Å². The summed E-state index contributed by atoms with van der Waals surface area (Å²) < 4.78 is 6.00. The lowest BCUT2D eigenvalue weighted by Crippen LogP contribution is -2.47. The van der Waals surface area contributed by atoms with Crippen molar-refractivity contribution in [1.82, 2.24) is 15.2 Å². The molecule has 0 radical (unpaired) electrons. The van der Waals surface area contributed by atoms with Gasteiger partial charge in [-0.25, -0.2) is 0 Å². The van der Waals surface area contributed by atoms with E-state index in [1.165, 1.54) is 0 Å². The molecule has 0 bridgehead atoms. The van der Waals surface area contributed by atoms with Gasteiger partial charge in [-0.05, 0) is 25.5 Å². The van der Waals surface area contributed by atoms with Crippen molar-refractivity contribution >= 4 is 0 Å².